The minimum absolute atomic E-state index is 0.114. The van der Waals surface area contributed by atoms with Gasteiger partial charge in [0.2, 0.25) is 11.9 Å². The second-order valence-corrected chi connectivity index (χ2v) is 5.39. The number of aryl methyl sites for hydroxylation is 1. The summed E-state index contributed by atoms with van der Waals surface area (Å²) in [5.74, 6) is 1.51. The third-order valence-corrected chi connectivity index (χ3v) is 3.63. The van der Waals surface area contributed by atoms with Crippen LogP contribution in [0.2, 0.25) is 0 Å². The van der Waals surface area contributed by atoms with Crippen LogP contribution in [0.25, 0.3) is 0 Å². The summed E-state index contributed by atoms with van der Waals surface area (Å²) in [4.78, 5) is 24.8. The van der Waals surface area contributed by atoms with E-state index >= 15 is 0 Å². The number of nitrogens with one attached hydrogen (secondary N) is 1. The number of hydrogen-bond donors (Lipinski definition) is 1. The molecule has 0 bridgehead atoms. The fraction of sp³-hybridized carbons (Fsp3) is 0.615. The highest BCUT2D eigenvalue weighted by Gasteiger charge is 2.41. The Kier molecular flexibility index (Phi) is 3.34. The molecule has 1 amide bonds. The Morgan fingerprint density at radius 3 is 2.68 bits per heavy atom. The van der Waals surface area contributed by atoms with Gasteiger partial charge in [0.25, 0.3) is 0 Å². The van der Waals surface area contributed by atoms with Gasteiger partial charge in [-0.15, -0.1) is 0 Å². The predicted octanol–water partition coefficient (Wildman–Crippen LogP) is 0.884. The summed E-state index contributed by atoms with van der Waals surface area (Å²) < 4.78 is 0. The van der Waals surface area contributed by atoms with Crippen molar-refractivity contribution in [2.75, 3.05) is 37.4 Å². The number of amides is 1. The first-order chi connectivity index (χ1) is 8.87. The van der Waals surface area contributed by atoms with E-state index in [0.717, 1.165) is 17.9 Å². The Labute approximate surface area is 113 Å². The zero-order valence-electron chi connectivity index (χ0n) is 12.2. The van der Waals surface area contributed by atoms with Gasteiger partial charge in [0.1, 0.15) is 11.4 Å². The van der Waals surface area contributed by atoms with Crippen LogP contribution >= 0.6 is 0 Å². The second kappa shape index (κ2) is 4.68. The van der Waals surface area contributed by atoms with Gasteiger partial charge >= 0.3 is 0 Å². The van der Waals surface area contributed by atoms with Gasteiger partial charge in [-0.25, -0.2) is 4.98 Å². The van der Waals surface area contributed by atoms with Crippen molar-refractivity contribution >= 4 is 17.7 Å². The first-order valence-corrected chi connectivity index (χ1v) is 6.42. The fourth-order valence-corrected chi connectivity index (χ4v) is 2.41. The van der Waals surface area contributed by atoms with Crippen molar-refractivity contribution in [2.24, 2.45) is 0 Å². The van der Waals surface area contributed by atoms with Crippen LogP contribution in [0, 0.1) is 6.92 Å². The third kappa shape index (κ3) is 2.22. The number of carbonyl (C=O) groups excluding carboxylic acids is 1. The molecule has 1 aliphatic heterocycles. The smallest absolute Gasteiger partial charge is 0.247 e. The maximum absolute atomic E-state index is 12.3. The lowest BCUT2D eigenvalue weighted by Gasteiger charge is -2.45. The first-order valence-electron chi connectivity index (χ1n) is 6.42. The molecule has 1 N–H and O–H groups in total. The largest absolute Gasteiger partial charge is 0.357 e. The molecule has 0 spiro atoms. The molecule has 0 radical (unpaired) electrons. The molecule has 1 fully saturated rings. The highest BCUT2D eigenvalue weighted by molar-refractivity contribution is 5.90. The monoisotopic (exact) mass is 263 g/mol. The molecule has 0 saturated carbocycles. The van der Waals surface area contributed by atoms with Crippen molar-refractivity contribution in [2.45, 2.75) is 26.3 Å². The number of hydrogen-bond acceptors (Lipinski definition) is 5. The Morgan fingerprint density at radius 2 is 2.05 bits per heavy atom. The molecule has 0 aromatic carbocycles. The molecule has 0 aliphatic carbocycles. The van der Waals surface area contributed by atoms with E-state index in [1.54, 1.807) is 18.1 Å². The molecule has 2 heterocycles. The van der Waals surface area contributed by atoms with E-state index in [0.29, 0.717) is 12.5 Å². The highest BCUT2D eigenvalue weighted by Crippen LogP contribution is 2.29. The molecule has 1 aromatic rings. The minimum atomic E-state index is -0.586. The van der Waals surface area contributed by atoms with E-state index in [-0.39, 0.29) is 5.91 Å². The lowest BCUT2D eigenvalue weighted by Crippen LogP contribution is -2.62. The SMILES string of the molecule is CNc1ncc(C)c(N2CCN(C)C(=O)C2(C)C)n1. The molecule has 19 heavy (non-hydrogen) atoms. The minimum Gasteiger partial charge on any atom is -0.357 e. The molecule has 104 valence electrons. The summed E-state index contributed by atoms with van der Waals surface area (Å²) in [5, 5.41) is 2.94. The van der Waals surface area contributed by atoms with Gasteiger partial charge in [-0.2, -0.15) is 4.98 Å². The number of aromatic nitrogens is 2. The fourth-order valence-electron chi connectivity index (χ4n) is 2.41. The summed E-state index contributed by atoms with van der Waals surface area (Å²) in [6.07, 6.45) is 1.78. The summed E-state index contributed by atoms with van der Waals surface area (Å²) in [5.41, 5.74) is 0.390. The van der Waals surface area contributed by atoms with E-state index < -0.39 is 5.54 Å². The average Bonchev–Trinajstić information content (AvgIpc) is 2.38. The molecule has 1 aliphatic rings. The topological polar surface area (TPSA) is 61.4 Å². The standard InChI is InChI=1S/C13H21N5O/c1-9-8-15-12(14-4)16-10(9)18-7-6-17(5)11(19)13(18,2)3/h8H,6-7H2,1-5H3,(H,14,15,16). The van der Waals surface area contributed by atoms with Gasteiger partial charge in [0.15, 0.2) is 0 Å². The van der Waals surface area contributed by atoms with Crippen LogP contribution in [0.3, 0.4) is 0 Å². The first kappa shape index (κ1) is 13.6. The van der Waals surface area contributed by atoms with Crippen LogP contribution in [0.5, 0.6) is 0 Å². The highest BCUT2D eigenvalue weighted by atomic mass is 16.2. The summed E-state index contributed by atoms with van der Waals surface area (Å²) >= 11 is 0. The Bertz CT molecular complexity index is 500. The molecule has 1 saturated heterocycles. The van der Waals surface area contributed by atoms with Crippen molar-refractivity contribution in [1.29, 1.82) is 0 Å². The van der Waals surface area contributed by atoms with Crippen molar-refractivity contribution < 1.29 is 4.79 Å². The quantitative estimate of drug-likeness (QED) is 0.858. The lowest BCUT2D eigenvalue weighted by molar-refractivity contribution is -0.136. The average molecular weight is 263 g/mol. The zero-order valence-corrected chi connectivity index (χ0v) is 12.2. The van der Waals surface area contributed by atoms with Crippen molar-refractivity contribution in [3.05, 3.63) is 11.8 Å². The van der Waals surface area contributed by atoms with Crippen LogP contribution in [-0.2, 0) is 4.79 Å². The maximum atomic E-state index is 12.3. The van der Waals surface area contributed by atoms with Gasteiger partial charge in [0.05, 0.1) is 0 Å². The molecular formula is C13H21N5O. The number of carbonyl (C=O) groups is 1. The van der Waals surface area contributed by atoms with E-state index in [1.807, 2.05) is 27.8 Å². The molecule has 2 rings (SSSR count). The summed E-state index contributed by atoms with van der Waals surface area (Å²) in [6, 6.07) is 0. The number of likely N-dealkylation sites (N-methyl/N-ethyl adjacent to an activating group) is 1. The van der Waals surface area contributed by atoms with Gasteiger partial charge in [0, 0.05) is 38.9 Å². The number of piperazine rings is 1. The Hall–Kier alpha value is -1.85. The maximum Gasteiger partial charge on any atom is 0.247 e. The summed E-state index contributed by atoms with van der Waals surface area (Å²) in [6.45, 7) is 7.32. The second-order valence-electron chi connectivity index (χ2n) is 5.39. The van der Waals surface area contributed by atoms with E-state index in [2.05, 4.69) is 20.2 Å². The van der Waals surface area contributed by atoms with Gasteiger partial charge in [-0.1, -0.05) is 0 Å². The number of rotatable bonds is 2. The van der Waals surface area contributed by atoms with Crippen molar-refractivity contribution in [3.63, 3.8) is 0 Å². The van der Waals surface area contributed by atoms with Crippen LogP contribution in [0.1, 0.15) is 19.4 Å². The van der Waals surface area contributed by atoms with Gasteiger partial charge in [-0.3, -0.25) is 4.79 Å². The number of nitrogens with zero attached hydrogens (tertiary/aromatic N) is 4. The van der Waals surface area contributed by atoms with Gasteiger partial charge in [-0.05, 0) is 20.8 Å². The van der Waals surface area contributed by atoms with Crippen LogP contribution in [-0.4, -0.2) is 53.5 Å². The normalized spacial score (nSPS) is 18.7. The van der Waals surface area contributed by atoms with Crippen LogP contribution < -0.4 is 10.2 Å². The molecule has 6 heteroatoms. The van der Waals surface area contributed by atoms with E-state index in [9.17, 15) is 4.79 Å². The van der Waals surface area contributed by atoms with Crippen LogP contribution in [0.15, 0.2) is 6.20 Å². The predicted molar refractivity (Wildman–Crippen MR) is 75.4 cm³/mol. The lowest BCUT2D eigenvalue weighted by atomic mass is 9.97. The third-order valence-electron chi connectivity index (χ3n) is 3.63. The van der Waals surface area contributed by atoms with E-state index in [4.69, 9.17) is 0 Å². The molecule has 0 atom stereocenters. The molecule has 0 unspecified atom stereocenters. The Morgan fingerprint density at radius 1 is 1.37 bits per heavy atom. The summed E-state index contributed by atoms with van der Waals surface area (Å²) in [7, 11) is 3.63. The molecule has 6 nitrogen and oxygen atoms in total. The van der Waals surface area contributed by atoms with Gasteiger partial charge < -0.3 is 15.1 Å². The van der Waals surface area contributed by atoms with Crippen LogP contribution in [0.4, 0.5) is 11.8 Å². The Balaban J connectivity index is 2.43. The molecular weight excluding hydrogens is 242 g/mol. The zero-order chi connectivity index (χ0) is 14.2. The molecule has 1 aromatic heterocycles. The van der Waals surface area contributed by atoms with Crippen molar-refractivity contribution in [1.82, 2.24) is 14.9 Å². The number of anilines is 2. The van der Waals surface area contributed by atoms with E-state index in [1.165, 1.54) is 0 Å². The van der Waals surface area contributed by atoms with Crippen molar-refractivity contribution in [3.8, 4) is 0 Å².